The van der Waals surface area contributed by atoms with Crippen LogP contribution in [-0.4, -0.2) is 39.6 Å². The maximum atomic E-state index is 13.8. The number of halogens is 2. The van der Waals surface area contributed by atoms with E-state index >= 15 is 0 Å². The molecule has 188 valence electrons. The van der Waals surface area contributed by atoms with E-state index < -0.39 is 0 Å². The Bertz CT molecular complexity index is 1550. The second-order valence-electron chi connectivity index (χ2n) is 9.59. The Balaban J connectivity index is 1.58. The van der Waals surface area contributed by atoms with Gasteiger partial charge in [0.1, 0.15) is 16.5 Å². The maximum absolute atomic E-state index is 13.8. The molecule has 37 heavy (non-hydrogen) atoms. The van der Waals surface area contributed by atoms with E-state index in [-0.39, 0.29) is 40.3 Å². The lowest BCUT2D eigenvalue weighted by Gasteiger charge is -2.48. The number of pyridine rings is 2. The number of benzene rings is 2. The molecule has 8 heteroatoms. The molecule has 1 aliphatic rings. The third-order valence-corrected chi connectivity index (χ3v) is 7.55. The number of hydrogen-bond donors (Lipinski definition) is 0. The quantitative estimate of drug-likeness (QED) is 0.314. The molecular weight excluding hydrogens is 489 g/mol. The minimum absolute atomic E-state index is 0.0194. The SMILES string of the molecule is [C-]#[N+]c1ccc2c(n1)c(N1C[C@@H](C)N(C(c3ccccc3)c3ccc(F)cc3)C[C@@H]1C)c(Cl)c(=O)n2C. The molecule has 1 unspecified atom stereocenters. The Hall–Kier alpha value is -3.73. The fourth-order valence-corrected chi connectivity index (χ4v) is 5.68. The molecule has 0 amide bonds. The third kappa shape index (κ3) is 4.48. The summed E-state index contributed by atoms with van der Waals surface area (Å²) < 4.78 is 15.2. The lowest BCUT2D eigenvalue weighted by atomic mass is 9.93. The molecule has 1 fully saturated rings. The van der Waals surface area contributed by atoms with Crippen LogP contribution in [0.15, 0.2) is 71.5 Å². The highest BCUT2D eigenvalue weighted by Gasteiger charge is 2.37. The molecule has 5 rings (SSSR count). The molecule has 0 spiro atoms. The van der Waals surface area contributed by atoms with E-state index in [1.165, 1.54) is 16.7 Å². The first-order valence-corrected chi connectivity index (χ1v) is 12.6. The van der Waals surface area contributed by atoms with Crippen molar-refractivity contribution in [3.05, 3.63) is 110 Å². The van der Waals surface area contributed by atoms with Gasteiger partial charge in [-0.05, 0) is 49.2 Å². The monoisotopic (exact) mass is 515 g/mol. The average molecular weight is 516 g/mol. The Labute approximate surface area is 220 Å². The van der Waals surface area contributed by atoms with Crippen LogP contribution in [0.1, 0.15) is 31.0 Å². The highest BCUT2D eigenvalue weighted by Crippen LogP contribution is 2.38. The number of fused-ring (bicyclic) bond motifs is 1. The van der Waals surface area contributed by atoms with Gasteiger partial charge in [0, 0.05) is 32.2 Å². The molecule has 0 saturated carbocycles. The van der Waals surface area contributed by atoms with E-state index in [1.54, 1.807) is 19.2 Å². The Morgan fingerprint density at radius 2 is 1.68 bits per heavy atom. The van der Waals surface area contributed by atoms with E-state index in [0.29, 0.717) is 29.8 Å². The molecule has 2 aromatic heterocycles. The molecule has 0 N–H and O–H groups in total. The number of piperazine rings is 1. The molecule has 3 heterocycles. The fraction of sp³-hybridized carbons (Fsp3) is 0.276. The first kappa shape index (κ1) is 24.9. The van der Waals surface area contributed by atoms with Crippen molar-refractivity contribution in [1.82, 2.24) is 14.5 Å². The highest BCUT2D eigenvalue weighted by atomic mass is 35.5. The van der Waals surface area contributed by atoms with Crippen LogP contribution in [0.2, 0.25) is 5.02 Å². The molecule has 0 radical (unpaired) electrons. The van der Waals surface area contributed by atoms with Crippen molar-refractivity contribution in [2.45, 2.75) is 32.0 Å². The van der Waals surface area contributed by atoms with Crippen molar-refractivity contribution in [1.29, 1.82) is 0 Å². The lowest BCUT2D eigenvalue weighted by Crippen LogP contribution is -2.57. The van der Waals surface area contributed by atoms with E-state index in [0.717, 1.165) is 11.1 Å². The van der Waals surface area contributed by atoms with Crippen LogP contribution < -0.4 is 10.5 Å². The summed E-state index contributed by atoms with van der Waals surface area (Å²) in [5.41, 5.74) is 3.60. The van der Waals surface area contributed by atoms with Gasteiger partial charge in [-0.2, -0.15) is 0 Å². The number of anilines is 1. The average Bonchev–Trinajstić information content (AvgIpc) is 2.91. The molecule has 0 bridgehead atoms. The van der Waals surface area contributed by atoms with Crippen molar-refractivity contribution in [2.75, 3.05) is 18.0 Å². The van der Waals surface area contributed by atoms with Crippen LogP contribution in [0, 0.1) is 12.4 Å². The minimum Gasteiger partial charge on any atom is -0.361 e. The highest BCUT2D eigenvalue weighted by molar-refractivity contribution is 6.34. The standard InChI is InChI=1S/C29H27ClFN5O/c1-18-17-36(28-25(30)29(37)34(4)23-14-15-24(32-3)33-26(23)28)19(2)16-35(18)27(20-8-6-5-7-9-20)21-10-12-22(31)13-11-21/h5-15,18-19,27H,16-17H2,1-2,4H3/t18-,19+,27?/m1/s1. The molecule has 6 nitrogen and oxygen atoms in total. The molecule has 1 saturated heterocycles. The topological polar surface area (TPSA) is 45.7 Å². The normalized spacial score (nSPS) is 19.1. The zero-order chi connectivity index (χ0) is 26.3. The zero-order valence-corrected chi connectivity index (χ0v) is 21.7. The molecule has 0 aliphatic carbocycles. The third-order valence-electron chi connectivity index (χ3n) is 7.21. The minimum atomic E-state index is -0.294. The van der Waals surface area contributed by atoms with Crippen molar-refractivity contribution < 1.29 is 4.39 Å². The number of nitrogens with zero attached hydrogens (tertiary/aromatic N) is 5. The predicted octanol–water partition coefficient (Wildman–Crippen LogP) is 5.97. The summed E-state index contributed by atoms with van der Waals surface area (Å²) in [7, 11) is 1.66. The number of aryl methyl sites for hydroxylation is 1. The second kappa shape index (κ2) is 9.97. The van der Waals surface area contributed by atoms with Crippen molar-refractivity contribution in [2.24, 2.45) is 7.05 Å². The van der Waals surface area contributed by atoms with Crippen molar-refractivity contribution in [3.8, 4) is 0 Å². The Morgan fingerprint density at radius 3 is 2.35 bits per heavy atom. The Kier molecular flexibility index (Phi) is 6.72. The number of aromatic nitrogens is 2. The van der Waals surface area contributed by atoms with Gasteiger partial charge in [-0.3, -0.25) is 9.69 Å². The van der Waals surface area contributed by atoms with E-state index in [4.69, 9.17) is 18.2 Å². The summed E-state index contributed by atoms with van der Waals surface area (Å²) in [4.78, 5) is 25.6. The van der Waals surface area contributed by atoms with Gasteiger partial charge >= 0.3 is 0 Å². The van der Waals surface area contributed by atoms with Crippen LogP contribution in [0.3, 0.4) is 0 Å². The van der Waals surface area contributed by atoms with Crippen molar-refractivity contribution >= 4 is 34.1 Å². The van der Waals surface area contributed by atoms with Crippen LogP contribution in [0.4, 0.5) is 15.9 Å². The summed E-state index contributed by atoms with van der Waals surface area (Å²) in [5.74, 6) is -0.0106. The summed E-state index contributed by atoms with van der Waals surface area (Å²) in [5, 5.41) is 0.107. The van der Waals surface area contributed by atoms with Crippen LogP contribution in [0.25, 0.3) is 15.9 Å². The van der Waals surface area contributed by atoms with Crippen molar-refractivity contribution in [3.63, 3.8) is 0 Å². The van der Waals surface area contributed by atoms with Crippen LogP contribution in [-0.2, 0) is 7.05 Å². The van der Waals surface area contributed by atoms with Gasteiger partial charge in [0.15, 0.2) is 0 Å². The summed E-state index contributed by atoms with van der Waals surface area (Å²) in [6.07, 6.45) is 0. The Morgan fingerprint density at radius 1 is 1.00 bits per heavy atom. The molecule has 1 aliphatic heterocycles. The molecule has 4 aromatic rings. The van der Waals surface area contributed by atoms with E-state index in [9.17, 15) is 9.18 Å². The number of hydrogen-bond acceptors (Lipinski definition) is 4. The van der Waals surface area contributed by atoms with Gasteiger partial charge in [-0.1, -0.05) is 60.6 Å². The fourth-order valence-electron chi connectivity index (χ4n) is 5.35. The number of rotatable bonds is 4. The molecular formula is C29H27ClFN5O. The van der Waals surface area contributed by atoms with Gasteiger partial charge in [0.25, 0.3) is 11.4 Å². The predicted molar refractivity (Wildman–Crippen MR) is 146 cm³/mol. The van der Waals surface area contributed by atoms with Gasteiger partial charge in [0.05, 0.1) is 11.6 Å². The van der Waals surface area contributed by atoms with E-state index in [1.807, 2.05) is 30.3 Å². The smallest absolute Gasteiger partial charge is 0.271 e. The zero-order valence-electron chi connectivity index (χ0n) is 20.9. The second-order valence-corrected chi connectivity index (χ2v) is 9.97. The summed E-state index contributed by atoms with van der Waals surface area (Å²) in [6, 6.07) is 20.2. The lowest BCUT2D eigenvalue weighted by molar-refractivity contribution is 0.130. The first-order valence-electron chi connectivity index (χ1n) is 12.2. The van der Waals surface area contributed by atoms with Crippen LogP contribution in [0.5, 0.6) is 0 Å². The largest absolute Gasteiger partial charge is 0.361 e. The summed E-state index contributed by atoms with van der Waals surface area (Å²) >= 11 is 6.68. The molecule has 3 atom stereocenters. The van der Waals surface area contributed by atoms with Crippen LogP contribution >= 0.6 is 11.6 Å². The maximum Gasteiger partial charge on any atom is 0.271 e. The van der Waals surface area contributed by atoms with E-state index in [2.05, 4.69) is 45.6 Å². The molecule has 2 aromatic carbocycles. The van der Waals surface area contributed by atoms with Gasteiger partial charge in [0.2, 0.25) is 5.52 Å². The summed E-state index contributed by atoms with van der Waals surface area (Å²) in [6.45, 7) is 12.9. The van der Waals surface area contributed by atoms with Gasteiger partial charge in [-0.15, -0.1) is 4.98 Å². The van der Waals surface area contributed by atoms with Gasteiger partial charge in [-0.25, -0.2) is 4.39 Å². The van der Waals surface area contributed by atoms with Gasteiger partial charge < -0.3 is 14.3 Å². The first-order chi connectivity index (χ1) is 17.8.